The molecule has 2 aromatic heterocycles. The summed E-state index contributed by atoms with van der Waals surface area (Å²) in [6.07, 6.45) is 2.92. The zero-order valence-electron chi connectivity index (χ0n) is 16.3. The number of hydrogen-bond donors (Lipinski definition) is 2. The predicted octanol–water partition coefficient (Wildman–Crippen LogP) is 2.19. The molecule has 0 bridgehead atoms. The maximum Gasteiger partial charge on any atom is 0.191 e. The highest BCUT2D eigenvalue weighted by Gasteiger charge is 2.15. The van der Waals surface area contributed by atoms with Crippen LogP contribution in [0.15, 0.2) is 40.8 Å². The Morgan fingerprint density at radius 2 is 2.07 bits per heavy atom. The monoisotopic (exact) mass is 386 g/mol. The van der Waals surface area contributed by atoms with Crippen LogP contribution < -0.4 is 15.5 Å². The highest BCUT2D eigenvalue weighted by atomic mass is 32.1. The van der Waals surface area contributed by atoms with Gasteiger partial charge in [-0.15, -0.1) is 11.3 Å². The summed E-state index contributed by atoms with van der Waals surface area (Å²) < 4.78 is 0. The Bertz CT molecular complexity index is 707. The number of rotatable bonds is 7. The first kappa shape index (κ1) is 19.6. The molecule has 1 aliphatic heterocycles. The van der Waals surface area contributed by atoms with Crippen molar-refractivity contribution < 1.29 is 0 Å². The Morgan fingerprint density at radius 3 is 2.81 bits per heavy atom. The summed E-state index contributed by atoms with van der Waals surface area (Å²) in [6, 6.07) is 8.50. The average molecular weight is 387 g/mol. The average Bonchev–Trinajstić information content (AvgIpc) is 3.20. The molecule has 3 rings (SSSR count). The summed E-state index contributed by atoms with van der Waals surface area (Å²) in [4.78, 5) is 15.4. The summed E-state index contributed by atoms with van der Waals surface area (Å²) >= 11 is 1.80. The molecular formula is C20H30N6S. The Balaban J connectivity index is 1.55. The van der Waals surface area contributed by atoms with E-state index in [1.165, 1.54) is 10.4 Å². The topological polar surface area (TPSA) is 55.8 Å². The van der Waals surface area contributed by atoms with E-state index in [1.54, 1.807) is 11.3 Å². The maximum absolute atomic E-state index is 4.74. The third-order valence-electron chi connectivity index (χ3n) is 4.65. The zero-order chi connectivity index (χ0) is 18.9. The first-order valence-corrected chi connectivity index (χ1v) is 10.6. The Kier molecular flexibility index (Phi) is 7.47. The van der Waals surface area contributed by atoms with Crippen molar-refractivity contribution in [3.05, 3.63) is 46.3 Å². The number of pyridine rings is 1. The molecule has 27 heavy (non-hydrogen) atoms. The van der Waals surface area contributed by atoms with E-state index in [4.69, 9.17) is 4.99 Å². The molecule has 0 atom stereocenters. The SMILES string of the molecule is CCNC(=NCc1ccnc(N2CCN(C)CC2)c1)NCCc1cccs1. The molecule has 0 amide bonds. The molecule has 0 spiro atoms. The number of guanidine groups is 1. The summed E-state index contributed by atoms with van der Waals surface area (Å²) in [6.45, 7) is 8.72. The van der Waals surface area contributed by atoms with Gasteiger partial charge < -0.3 is 20.4 Å². The van der Waals surface area contributed by atoms with E-state index in [0.717, 1.165) is 57.5 Å². The van der Waals surface area contributed by atoms with Crippen molar-refractivity contribution in [2.24, 2.45) is 4.99 Å². The molecule has 0 radical (unpaired) electrons. The van der Waals surface area contributed by atoms with Gasteiger partial charge in [-0.2, -0.15) is 0 Å². The van der Waals surface area contributed by atoms with Crippen LogP contribution in [0.1, 0.15) is 17.4 Å². The highest BCUT2D eigenvalue weighted by molar-refractivity contribution is 7.09. The van der Waals surface area contributed by atoms with Crippen LogP contribution in [0.4, 0.5) is 5.82 Å². The minimum Gasteiger partial charge on any atom is -0.357 e. The van der Waals surface area contributed by atoms with Gasteiger partial charge in [0.2, 0.25) is 0 Å². The minimum absolute atomic E-state index is 0.650. The Morgan fingerprint density at radius 1 is 1.22 bits per heavy atom. The van der Waals surface area contributed by atoms with E-state index in [0.29, 0.717) is 6.54 Å². The van der Waals surface area contributed by atoms with E-state index in [1.807, 2.05) is 6.20 Å². The predicted molar refractivity (Wildman–Crippen MR) is 115 cm³/mol. The number of hydrogen-bond acceptors (Lipinski definition) is 5. The van der Waals surface area contributed by atoms with Crippen LogP contribution in [0.25, 0.3) is 0 Å². The minimum atomic E-state index is 0.650. The number of thiophene rings is 1. The van der Waals surface area contributed by atoms with Crippen molar-refractivity contribution in [1.29, 1.82) is 0 Å². The van der Waals surface area contributed by atoms with E-state index in [-0.39, 0.29) is 0 Å². The number of aromatic nitrogens is 1. The number of nitrogens with zero attached hydrogens (tertiary/aromatic N) is 4. The quantitative estimate of drug-likeness (QED) is 0.564. The number of nitrogens with one attached hydrogen (secondary N) is 2. The molecule has 0 saturated carbocycles. The Labute approximate surface area is 166 Å². The van der Waals surface area contributed by atoms with Gasteiger partial charge in [0, 0.05) is 50.3 Å². The smallest absolute Gasteiger partial charge is 0.191 e. The second-order valence-electron chi connectivity index (χ2n) is 6.76. The number of anilines is 1. The molecule has 146 valence electrons. The van der Waals surface area contributed by atoms with Crippen LogP contribution in [0, 0.1) is 0 Å². The molecule has 7 heteroatoms. The first-order chi connectivity index (χ1) is 13.2. The van der Waals surface area contributed by atoms with E-state index >= 15 is 0 Å². The lowest BCUT2D eigenvalue weighted by molar-refractivity contribution is 0.312. The lowest BCUT2D eigenvalue weighted by atomic mass is 10.2. The fraction of sp³-hybridized carbons (Fsp3) is 0.500. The third kappa shape index (κ3) is 6.22. The molecule has 6 nitrogen and oxygen atoms in total. The van der Waals surface area contributed by atoms with Crippen molar-refractivity contribution >= 4 is 23.1 Å². The van der Waals surface area contributed by atoms with E-state index < -0.39 is 0 Å². The van der Waals surface area contributed by atoms with Crippen LogP contribution in [0.2, 0.25) is 0 Å². The fourth-order valence-corrected chi connectivity index (χ4v) is 3.75. The molecule has 2 aromatic rings. The standard InChI is InChI=1S/C20H30N6S/c1-3-21-20(23-9-7-18-5-4-14-27-18)24-16-17-6-8-22-19(15-17)26-12-10-25(2)11-13-26/h4-6,8,14-15H,3,7,9-13,16H2,1-2H3,(H2,21,23,24). The second-order valence-corrected chi connectivity index (χ2v) is 7.80. The first-order valence-electron chi connectivity index (χ1n) is 9.67. The van der Waals surface area contributed by atoms with Crippen LogP contribution in [0.3, 0.4) is 0 Å². The molecule has 1 fully saturated rings. The third-order valence-corrected chi connectivity index (χ3v) is 5.58. The fourth-order valence-electron chi connectivity index (χ4n) is 3.04. The van der Waals surface area contributed by atoms with Crippen molar-refractivity contribution in [1.82, 2.24) is 20.5 Å². The summed E-state index contributed by atoms with van der Waals surface area (Å²) in [7, 11) is 2.17. The van der Waals surface area contributed by atoms with Crippen molar-refractivity contribution in [2.45, 2.75) is 19.9 Å². The molecule has 0 aliphatic carbocycles. The lowest BCUT2D eigenvalue weighted by Crippen LogP contribution is -2.44. The van der Waals surface area contributed by atoms with Gasteiger partial charge in [0.05, 0.1) is 6.54 Å². The van der Waals surface area contributed by atoms with Crippen LogP contribution in [0.5, 0.6) is 0 Å². The molecule has 3 heterocycles. The van der Waals surface area contributed by atoms with E-state index in [2.05, 4.69) is 69.0 Å². The normalized spacial score (nSPS) is 15.8. The van der Waals surface area contributed by atoms with Gasteiger partial charge in [-0.05, 0) is 49.5 Å². The van der Waals surface area contributed by atoms with Gasteiger partial charge in [-0.1, -0.05) is 6.07 Å². The van der Waals surface area contributed by atoms with Gasteiger partial charge in [-0.25, -0.2) is 9.98 Å². The summed E-state index contributed by atoms with van der Waals surface area (Å²) in [5, 5.41) is 8.87. The summed E-state index contributed by atoms with van der Waals surface area (Å²) in [5.41, 5.74) is 1.19. The zero-order valence-corrected chi connectivity index (χ0v) is 17.1. The van der Waals surface area contributed by atoms with Gasteiger partial charge in [-0.3, -0.25) is 0 Å². The van der Waals surface area contributed by atoms with E-state index in [9.17, 15) is 0 Å². The van der Waals surface area contributed by atoms with Gasteiger partial charge in [0.1, 0.15) is 5.82 Å². The van der Waals surface area contributed by atoms with Crippen LogP contribution in [-0.4, -0.2) is 62.2 Å². The number of aliphatic imine (C=N–C) groups is 1. The van der Waals surface area contributed by atoms with Crippen molar-refractivity contribution in [3.8, 4) is 0 Å². The number of piperazine rings is 1. The largest absolute Gasteiger partial charge is 0.357 e. The van der Waals surface area contributed by atoms with Crippen molar-refractivity contribution in [2.75, 3.05) is 51.2 Å². The maximum atomic E-state index is 4.74. The van der Waals surface area contributed by atoms with Gasteiger partial charge in [0.25, 0.3) is 0 Å². The second kappa shape index (κ2) is 10.3. The molecule has 2 N–H and O–H groups in total. The van der Waals surface area contributed by atoms with Crippen LogP contribution in [-0.2, 0) is 13.0 Å². The van der Waals surface area contributed by atoms with Crippen LogP contribution >= 0.6 is 11.3 Å². The summed E-state index contributed by atoms with van der Waals surface area (Å²) in [5.74, 6) is 1.93. The molecule has 0 unspecified atom stereocenters. The van der Waals surface area contributed by atoms with Gasteiger partial charge >= 0.3 is 0 Å². The highest BCUT2D eigenvalue weighted by Crippen LogP contribution is 2.15. The Hall–Kier alpha value is -2.12. The molecular weight excluding hydrogens is 356 g/mol. The lowest BCUT2D eigenvalue weighted by Gasteiger charge is -2.33. The van der Waals surface area contributed by atoms with Gasteiger partial charge in [0.15, 0.2) is 5.96 Å². The molecule has 1 saturated heterocycles. The number of likely N-dealkylation sites (N-methyl/N-ethyl adjacent to an activating group) is 1. The van der Waals surface area contributed by atoms with Crippen molar-refractivity contribution in [3.63, 3.8) is 0 Å². The molecule has 1 aliphatic rings. The molecule has 0 aromatic carbocycles.